The Balaban J connectivity index is 1.81. The van der Waals surface area contributed by atoms with Gasteiger partial charge in [0.1, 0.15) is 0 Å². The Hall–Kier alpha value is -3.14. The molecular formula is C20H15N3O. The zero-order valence-electron chi connectivity index (χ0n) is 13.0. The summed E-state index contributed by atoms with van der Waals surface area (Å²) in [6.45, 7) is 0. The van der Waals surface area contributed by atoms with Gasteiger partial charge in [-0.15, -0.1) is 0 Å². The van der Waals surface area contributed by atoms with E-state index in [-0.39, 0.29) is 5.78 Å². The molecule has 24 heavy (non-hydrogen) atoms. The lowest BCUT2D eigenvalue weighted by Crippen LogP contribution is -1.91. The number of anilines is 1. The summed E-state index contributed by atoms with van der Waals surface area (Å²) in [5, 5.41) is 3.16. The summed E-state index contributed by atoms with van der Waals surface area (Å²) in [6.07, 6.45) is 3.29. The molecule has 0 saturated carbocycles. The van der Waals surface area contributed by atoms with E-state index in [9.17, 15) is 4.79 Å². The van der Waals surface area contributed by atoms with Crippen LogP contribution < -0.4 is 5.73 Å². The molecule has 0 unspecified atom stereocenters. The van der Waals surface area contributed by atoms with E-state index in [4.69, 9.17) is 5.73 Å². The van der Waals surface area contributed by atoms with E-state index in [2.05, 4.69) is 16.0 Å². The second kappa shape index (κ2) is 4.68. The summed E-state index contributed by atoms with van der Waals surface area (Å²) in [7, 11) is 0. The van der Waals surface area contributed by atoms with Crippen molar-refractivity contribution in [2.75, 3.05) is 5.73 Å². The molecule has 0 fully saturated rings. The predicted octanol–water partition coefficient (Wildman–Crippen LogP) is 4.09. The first kappa shape index (κ1) is 13.3. The van der Waals surface area contributed by atoms with Crippen LogP contribution >= 0.6 is 0 Å². The van der Waals surface area contributed by atoms with Crippen LogP contribution in [0.1, 0.15) is 22.5 Å². The fourth-order valence-corrected chi connectivity index (χ4v) is 3.66. The fourth-order valence-electron chi connectivity index (χ4n) is 3.66. The average molecular weight is 313 g/mol. The van der Waals surface area contributed by atoms with Gasteiger partial charge >= 0.3 is 0 Å². The number of carbonyl (C=O) groups is 1. The van der Waals surface area contributed by atoms with Gasteiger partial charge in [-0.2, -0.15) is 0 Å². The summed E-state index contributed by atoms with van der Waals surface area (Å²) in [4.78, 5) is 20.2. The topological polar surface area (TPSA) is 71.8 Å². The molecule has 2 aromatic carbocycles. The Morgan fingerprint density at radius 1 is 1.04 bits per heavy atom. The minimum atomic E-state index is 0.237. The number of pyridine rings is 1. The predicted molar refractivity (Wildman–Crippen MR) is 96.1 cm³/mol. The highest BCUT2D eigenvalue weighted by Crippen LogP contribution is 2.35. The van der Waals surface area contributed by atoms with Crippen LogP contribution in [0.25, 0.3) is 32.9 Å². The van der Waals surface area contributed by atoms with Gasteiger partial charge in [-0.25, -0.2) is 0 Å². The fraction of sp³-hybridized carbons (Fsp3) is 0.100. The lowest BCUT2D eigenvalue weighted by Gasteiger charge is -2.06. The molecule has 0 saturated heterocycles. The minimum Gasteiger partial charge on any atom is -0.399 e. The van der Waals surface area contributed by atoms with Crippen molar-refractivity contribution in [1.82, 2.24) is 9.97 Å². The summed E-state index contributed by atoms with van der Waals surface area (Å²) >= 11 is 0. The molecular weight excluding hydrogens is 298 g/mol. The quantitative estimate of drug-likeness (QED) is 0.520. The van der Waals surface area contributed by atoms with Crippen molar-refractivity contribution in [2.24, 2.45) is 0 Å². The van der Waals surface area contributed by atoms with Crippen molar-refractivity contribution >= 4 is 33.1 Å². The van der Waals surface area contributed by atoms with Gasteiger partial charge in [0, 0.05) is 51.3 Å². The number of aromatic nitrogens is 2. The highest BCUT2D eigenvalue weighted by molar-refractivity contribution is 6.17. The molecule has 0 amide bonds. The third kappa shape index (κ3) is 1.80. The number of ketones is 1. The van der Waals surface area contributed by atoms with E-state index in [0.717, 1.165) is 56.3 Å². The highest BCUT2D eigenvalue weighted by atomic mass is 16.1. The molecule has 2 aromatic heterocycles. The van der Waals surface area contributed by atoms with Crippen molar-refractivity contribution in [3.05, 3.63) is 59.9 Å². The molecule has 4 heteroatoms. The summed E-state index contributed by atoms with van der Waals surface area (Å²) in [6, 6.07) is 13.9. The van der Waals surface area contributed by atoms with Crippen LogP contribution in [-0.2, 0) is 6.42 Å². The maximum absolute atomic E-state index is 12.2. The standard InChI is InChI=1S/C20H15N3O/c21-13-3-1-2-11(8-13)17-9-15-12(10-22-17)4-5-14-19-16(23-20(14)15)6-7-18(19)24/h1-5,8-10,23H,6-7,21H2. The molecule has 3 N–H and O–H groups in total. The van der Waals surface area contributed by atoms with E-state index < -0.39 is 0 Å². The molecule has 1 aliphatic rings. The van der Waals surface area contributed by atoms with Gasteiger partial charge < -0.3 is 10.7 Å². The van der Waals surface area contributed by atoms with Gasteiger partial charge in [0.05, 0.1) is 11.2 Å². The van der Waals surface area contributed by atoms with Gasteiger partial charge in [0.15, 0.2) is 5.78 Å². The maximum atomic E-state index is 12.2. The molecule has 4 nitrogen and oxygen atoms in total. The van der Waals surface area contributed by atoms with Gasteiger partial charge in [-0.3, -0.25) is 9.78 Å². The van der Waals surface area contributed by atoms with Gasteiger partial charge in [0.2, 0.25) is 0 Å². The number of H-pyrrole nitrogens is 1. The SMILES string of the molecule is Nc1cccc(-c2cc3c(ccc4c5c([nH]c43)CCC5=O)cn2)c1. The van der Waals surface area contributed by atoms with Crippen LogP contribution in [0.3, 0.4) is 0 Å². The largest absolute Gasteiger partial charge is 0.399 e. The third-order valence-electron chi connectivity index (χ3n) is 4.81. The Labute approximate surface area is 138 Å². The average Bonchev–Trinajstić information content (AvgIpc) is 3.14. The van der Waals surface area contributed by atoms with Crippen LogP contribution in [0.5, 0.6) is 0 Å². The molecule has 0 aliphatic heterocycles. The van der Waals surface area contributed by atoms with Crippen molar-refractivity contribution in [2.45, 2.75) is 12.8 Å². The van der Waals surface area contributed by atoms with Crippen LogP contribution in [0.2, 0.25) is 0 Å². The molecule has 2 heterocycles. The molecule has 0 bridgehead atoms. The molecule has 0 spiro atoms. The lowest BCUT2D eigenvalue weighted by atomic mass is 10.0. The van der Waals surface area contributed by atoms with E-state index >= 15 is 0 Å². The van der Waals surface area contributed by atoms with Gasteiger partial charge in [0.25, 0.3) is 0 Å². The number of nitrogen functional groups attached to an aromatic ring is 1. The third-order valence-corrected chi connectivity index (χ3v) is 4.81. The maximum Gasteiger partial charge on any atom is 0.165 e. The summed E-state index contributed by atoms with van der Waals surface area (Å²) < 4.78 is 0. The monoisotopic (exact) mass is 313 g/mol. The van der Waals surface area contributed by atoms with Gasteiger partial charge in [-0.05, 0) is 24.6 Å². The number of aryl methyl sites for hydroxylation is 1. The number of hydrogen-bond donors (Lipinski definition) is 2. The van der Waals surface area contributed by atoms with E-state index in [1.54, 1.807) is 0 Å². The van der Waals surface area contributed by atoms with Crippen LogP contribution in [0, 0.1) is 0 Å². The zero-order chi connectivity index (χ0) is 16.3. The summed E-state index contributed by atoms with van der Waals surface area (Å²) in [5.74, 6) is 0.237. The smallest absolute Gasteiger partial charge is 0.165 e. The number of carbonyl (C=O) groups excluding carboxylic acids is 1. The Bertz CT molecular complexity index is 1140. The van der Waals surface area contributed by atoms with Crippen LogP contribution in [0.15, 0.2) is 48.7 Å². The number of fused-ring (bicyclic) bond motifs is 5. The van der Waals surface area contributed by atoms with Crippen LogP contribution in [0.4, 0.5) is 5.69 Å². The number of nitrogens with two attached hydrogens (primary N) is 1. The Kier molecular flexibility index (Phi) is 2.59. The first-order valence-electron chi connectivity index (χ1n) is 8.03. The molecule has 0 atom stereocenters. The first-order chi connectivity index (χ1) is 11.7. The number of Topliss-reactive ketones (excluding diaryl/α,β-unsaturated/α-hetero) is 1. The van der Waals surface area contributed by atoms with Crippen molar-refractivity contribution in [1.29, 1.82) is 0 Å². The molecule has 1 aliphatic carbocycles. The van der Waals surface area contributed by atoms with E-state index in [0.29, 0.717) is 6.42 Å². The first-order valence-corrected chi connectivity index (χ1v) is 8.03. The number of nitrogens with one attached hydrogen (secondary N) is 1. The second-order valence-corrected chi connectivity index (χ2v) is 6.31. The van der Waals surface area contributed by atoms with E-state index in [1.807, 2.05) is 42.6 Å². The van der Waals surface area contributed by atoms with Crippen molar-refractivity contribution < 1.29 is 4.79 Å². The normalized spacial score (nSPS) is 13.8. The van der Waals surface area contributed by atoms with Crippen molar-refractivity contribution in [3.63, 3.8) is 0 Å². The molecule has 5 rings (SSSR count). The second-order valence-electron chi connectivity index (χ2n) is 6.31. The minimum absolute atomic E-state index is 0.237. The number of nitrogens with zero attached hydrogens (tertiary/aromatic N) is 1. The molecule has 116 valence electrons. The number of rotatable bonds is 1. The van der Waals surface area contributed by atoms with Crippen molar-refractivity contribution in [3.8, 4) is 11.3 Å². The Morgan fingerprint density at radius 3 is 2.83 bits per heavy atom. The number of aromatic amines is 1. The van der Waals surface area contributed by atoms with Gasteiger partial charge in [-0.1, -0.05) is 24.3 Å². The molecule has 4 aromatic rings. The number of hydrogen-bond acceptors (Lipinski definition) is 3. The lowest BCUT2D eigenvalue weighted by molar-refractivity contribution is 0.0996. The zero-order valence-corrected chi connectivity index (χ0v) is 13.0. The Morgan fingerprint density at radius 2 is 1.96 bits per heavy atom. The molecule has 0 radical (unpaired) electrons. The summed E-state index contributed by atoms with van der Waals surface area (Å²) in [5.41, 5.74) is 11.4. The van der Waals surface area contributed by atoms with Crippen LogP contribution in [-0.4, -0.2) is 15.8 Å². The number of benzene rings is 2. The van der Waals surface area contributed by atoms with E-state index in [1.165, 1.54) is 0 Å². The highest BCUT2D eigenvalue weighted by Gasteiger charge is 2.25.